The molecule has 0 spiro atoms. The van der Waals surface area contributed by atoms with Crippen LogP contribution in [0.1, 0.15) is 25.0 Å². The van der Waals surface area contributed by atoms with Crippen LogP contribution in [0.3, 0.4) is 0 Å². The molecule has 174 valence electrons. The largest absolute Gasteiger partial charge is 0.488 e. The van der Waals surface area contributed by atoms with E-state index in [0.717, 1.165) is 30.1 Å². The van der Waals surface area contributed by atoms with Crippen LogP contribution in [0.4, 0.5) is 5.69 Å². The summed E-state index contributed by atoms with van der Waals surface area (Å²) < 4.78 is 6.58. The number of likely N-dealkylation sites (N-methyl/N-ethyl adjacent to an activating group) is 1. The highest BCUT2D eigenvalue weighted by molar-refractivity contribution is 5.80. The third-order valence-corrected chi connectivity index (χ3v) is 6.20. The zero-order valence-electron chi connectivity index (χ0n) is 20.0. The van der Waals surface area contributed by atoms with Crippen molar-refractivity contribution >= 4 is 11.6 Å². The third kappa shape index (κ3) is 6.02. The molecule has 0 fully saturated rings. The van der Waals surface area contributed by atoms with Gasteiger partial charge in [-0.25, -0.2) is 0 Å². The summed E-state index contributed by atoms with van der Waals surface area (Å²) in [6.07, 6.45) is 0.174. The van der Waals surface area contributed by atoms with Gasteiger partial charge in [0, 0.05) is 50.9 Å². The van der Waals surface area contributed by atoms with E-state index in [1.807, 2.05) is 55.1 Å². The Hall–Kier alpha value is -2.57. The Balaban J connectivity index is 1.89. The molecule has 2 aromatic rings. The molecule has 32 heavy (non-hydrogen) atoms. The van der Waals surface area contributed by atoms with E-state index in [-0.39, 0.29) is 37.0 Å². The first-order chi connectivity index (χ1) is 15.3. The summed E-state index contributed by atoms with van der Waals surface area (Å²) >= 11 is 0. The smallest absolute Gasteiger partial charge is 0.227 e. The highest BCUT2D eigenvalue weighted by atomic mass is 16.5. The van der Waals surface area contributed by atoms with E-state index in [1.165, 1.54) is 5.56 Å². The monoisotopic (exact) mass is 439 g/mol. The second kappa shape index (κ2) is 10.8. The molecule has 0 bridgehead atoms. The lowest BCUT2D eigenvalue weighted by molar-refractivity contribution is -0.134. The van der Waals surface area contributed by atoms with Crippen molar-refractivity contribution in [2.24, 2.45) is 5.92 Å². The molecule has 3 atom stereocenters. The van der Waals surface area contributed by atoms with Gasteiger partial charge >= 0.3 is 0 Å². The minimum Gasteiger partial charge on any atom is -0.488 e. The van der Waals surface area contributed by atoms with Crippen LogP contribution in [-0.4, -0.2) is 73.8 Å². The molecule has 1 aliphatic rings. The van der Waals surface area contributed by atoms with Gasteiger partial charge < -0.3 is 19.6 Å². The number of benzene rings is 2. The highest BCUT2D eigenvalue weighted by Crippen LogP contribution is 2.30. The lowest BCUT2D eigenvalue weighted by atomic mass is 10.0. The van der Waals surface area contributed by atoms with Crippen LogP contribution in [0.15, 0.2) is 48.5 Å². The topological polar surface area (TPSA) is 56.3 Å². The van der Waals surface area contributed by atoms with Gasteiger partial charge in [-0.05, 0) is 37.7 Å². The van der Waals surface area contributed by atoms with E-state index in [0.29, 0.717) is 6.54 Å². The second-order valence-corrected chi connectivity index (χ2v) is 9.26. The van der Waals surface area contributed by atoms with E-state index >= 15 is 0 Å². The summed E-state index contributed by atoms with van der Waals surface area (Å²) in [6, 6.07) is 16.2. The van der Waals surface area contributed by atoms with Crippen molar-refractivity contribution in [3.63, 3.8) is 0 Å². The molecule has 3 rings (SSSR count). The van der Waals surface area contributed by atoms with Crippen molar-refractivity contribution in [3.8, 4) is 5.75 Å². The predicted molar refractivity (Wildman–Crippen MR) is 129 cm³/mol. The number of ether oxygens (including phenoxy) is 1. The van der Waals surface area contributed by atoms with Crippen molar-refractivity contribution in [1.82, 2.24) is 9.80 Å². The number of aliphatic hydroxyl groups is 1. The van der Waals surface area contributed by atoms with Gasteiger partial charge in [-0.1, -0.05) is 37.3 Å². The Kier molecular flexibility index (Phi) is 8.15. The van der Waals surface area contributed by atoms with Gasteiger partial charge in [0.1, 0.15) is 11.9 Å². The lowest BCUT2D eigenvalue weighted by Gasteiger charge is -2.34. The number of nitrogens with zero attached hydrogens (tertiary/aromatic N) is 3. The molecule has 0 aromatic heterocycles. The van der Waals surface area contributed by atoms with E-state index in [1.54, 1.807) is 0 Å². The van der Waals surface area contributed by atoms with Crippen molar-refractivity contribution in [1.29, 1.82) is 0 Å². The third-order valence-electron chi connectivity index (χ3n) is 6.20. The minimum atomic E-state index is -0.230. The van der Waals surface area contributed by atoms with E-state index < -0.39 is 0 Å². The molecule has 0 unspecified atom stereocenters. The number of rotatable bonds is 7. The first-order valence-electron chi connectivity index (χ1n) is 11.4. The zero-order valence-corrected chi connectivity index (χ0v) is 20.0. The Morgan fingerprint density at radius 2 is 1.88 bits per heavy atom. The quantitative estimate of drug-likeness (QED) is 0.719. The zero-order chi connectivity index (χ0) is 23.3. The summed E-state index contributed by atoms with van der Waals surface area (Å²) in [5.74, 6) is 0.899. The van der Waals surface area contributed by atoms with E-state index in [9.17, 15) is 9.90 Å². The van der Waals surface area contributed by atoms with Crippen LogP contribution in [0.2, 0.25) is 0 Å². The predicted octanol–water partition coefficient (Wildman–Crippen LogP) is 3.03. The minimum absolute atomic E-state index is 0.0254. The second-order valence-electron chi connectivity index (χ2n) is 9.26. The van der Waals surface area contributed by atoms with Crippen molar-refractivity contribution in [2.75, 3.05) is 45.7 Å². The first-order valence-corrected chi connectivity index (χ1v) is 11.4. The SMILES string of the molecule is C[C@H]1CN([C@@H](C)CO)C(=O)Cc2cc(N(C)C)ccc2O[C@H]1CN(C)Cc1ccccc1. The number of carbonyl (C=O) groups excluding carboxylic acids is 1. The Bertz CT molecular complexity index is 887. The molecule has 0 radical (unpaired) electrons. The lowest BCUT2D eigenvalue weighted by Crippen LogP contribution is -2.47. The molecule has 0 saturated heterocycles. The van der Waals surface area contributed by atoms with Crippen LogP contribution in [0, 0.1) is 5.92 Å². The number of hydrogen-bond acceptors (Lipinski definition) is 5. The Labute approximate surface area is 192 Å². The molecular weight excluding hydrogens is 402 g/mol. The molecular formula is C26H37N3O3. The Morgan fingerprint density at radius 3 is 2.53 bits per heavy atom. The summed E-state index contributed by atoms with van der Waals surface area (Å²) in [5.41, 5.74) is 3.18. The molecule has 1 heterocycles. The van der Waals surface area contributed by atoms with Gasteiger partial charge in [0.15, 0.2) is 0 Å². The van der Waals surface area contributed by atoms with Crippen LogP contribution in [0.5, 0.6) is 5.75 Å². The summed E-state index contributed by atoms with van der Waals surface area (Å²) in [5, 5.41) is 9.77. The molecule has 6 nitrogen and oxygen atoms in total. The van der Waals surface area contributed by atoms with Gasteiger partial charge in [0.05, 0.1) is 19.1 Å². The molecule has 6 heteroatoms. The Morgan fingerprint density at radius 1 is 1.16 bits per heavy atom. The maximum Gasteiger partial charge on any atom is 0.227 e. The van der Waals surface area contributed by atoms with Gasteiger partial charge in [-0.2, -0.15) is 0 Å². The van der Waals surface area contributed by atoms with Gasteiger partial charge in [-0.3, -0.25) is 9.69 Å². The average molecular weight is 440 g/mol. The van der Waals surface area contributed by atoms with Crippen LogP contribution in [0.25, 0.3) is 0 Å². The maximum atomic E-state index is 13.2. The van der Waals surface area contributed by atoms with Crippen LogP contribution < -0.4 is 9.64 Å². The number of anilines is 1. The van der Waals surface area contributed by atoms with E-state index in [2.05, 4.69) is 43.1 Å². The number of carbonyl (C=O) groups is 1. The fourth-order valence-corrected chi connectivity index (χ4v) is 4.18. The standard InChI is InChI=1S/C26H37N3O3/c1-19-15-29(20(2)18-30)26(31)14-22-13-23(27(3)4)11-12-24(22)32-25(19)17-28(5)16-21-9-7-6-8-10-21/h6-13,19-20,25,30H,14-18H2,1-5H3/t19-,20-,25-/m0/s1. The summed E-state index contributed by atoms with van der Waals surface area (Å²) in [7, 11) is 6.08. The van der Waals surface area contributed by atoms with Crippen LogP contribution >= 0.6 is 0 Å². The fraction of sp³-hybridized carbons (Fsp3) is 0.500. The number of aliphatic hydroxyl groups excluding tert-OH is 1. The van der Waals surface area contributed by atoms with E-state index in [4.69, 9.17) is 4.74 Å². The average Bonchev–Trinajstić information content (AvgIpc) is 2.81. The molecule has 0 saturated carbocycles. The van der Waals surface area contributed by atoms with Gasteiger partial charge in [0.25, 0.3) is 0 Å². The molecule has 1 amide bonds. The van der Waals surface area contributed by atoms with Crippen molar-refractivity contribution in [2.45, 2.75) is 39.0 Å². The van der Waals surface area contributed by atoms with Gasteiger partial charge in [-0.15, -0.1) is 0 Å². The van der Waals surface area contributed by atoms with Crippen LogP contribution in [-0.2, 0) is 17.8 Å². The molecule has 2 aromatic carbocycles. The normalized spacial score (nSPS) is 20.1. The van der Waals surface area contributed by atoms with Crippen molar-refractivity contribution < 1.29 is 14.6 Å². The summed E-state index contributed by atoms with van der Waals surface area (Å²) in [4.78, 5) is 19.3. The fourth-order valence-electron chi connectivity index (χ4n) is 4.18. The highest BCUT2D eigenvalue weighted by Gasteiger charge is 2.31. The first kappa shape index (κ1) is 24.1. The summed E-state index contributed by atoms with van der Waals surface area (Å²) in [6.45, 7) is 6.10. The number of fused-ring (bicyclic) bond motifs is 1. The van der Waals surface area contributed by atoms with Gasteiger partial charge in [0.2, 0.25) is 5.91 Å². The molecule has 1 aliphatic heterocycles. The number of hydrogen-bond donors (Lipinski definition) is 1. The molecule has 1 N–H and O–H groups in total. The van der Waals surface area contributed by atoms with Crippen molar-refractivity contribution in [3.05, 3.63) is 59.7 Å². The maximum absolute atomic E-state index is 13.2. The molecule has 0 aliphatic carbocycles. The number of amides is 1.